The summed E-state index contributed by atoms with van der Waals surface area (Å²) >= 11 is 0. The number of piperidine rings is 1. The maximum absolute atomic E-state index is 11.8. The monoisotopic (exact) mass is 342 g/mol. The van der Waals surface area contributed by atoms with Gasteiger partial charge in [-0.2, -0.15) is 0 Å². The predicted molar refractivity (Wildman–Crippen MR) is 98.7 cm³/mol. The highest BCUT2D eigenvalue weighted by molar-refractivity contribution is 5.68. The Bertz CT molecular complexity index is 616. The van der Waals surface area contributed by atoms with E-state index in [-0.39, 0.29) is 17.6 Å². The van der Waals surface area contributed by atoms with Crippen LogP contribution in [0.15, 0.2) is 24.3 Å². The summed E-state index contributed by atoms with van der Waals surface area (Å²) in [6.07, 6.45) is 8.80. The predicted octanol–water partition coefficient (Wildman–Crippen LogP) is 4.01. The van der Waals surface area contributed by atoms with Gasteiger partial charge in [0, 0.05) is 12.0 Å². The minimum atomic E-state index is -0.324. The van der Waals surface area contributed by atoms with Gasteiger partial charge in [0.15, 0.2) is 0 Å². The summed E-state index contributed by atoms with van der Waals surface area (Å²) < 4.78 is 4.84. The lowest BCUT2D eigenvalue weighted by Crippen LogP contribution is -2.43. The van der Waals surface area contributed by atoms with Gasteiger partial charge in [0.2, 0.25) is 0 Å². The van der Waals surface area contributed by atoms with E-state index < -0.39 is 0 Å². The normalized spacial score (nSPS) is 25.9. The maximum atomic E-state index is 11.8. The average molecular weight is 342 g/mol. The number of nitrogens with one attached hydrogen (secondary N) is 1. The van der Waals surface area contributed by atoms with Gasteiger partial charge in [-0.15, -0.1) is 0 Å². The zero-order chi connectivity index (χ0) is 17.3. The third kappa shape index (κ3) is 3.29. The van der Waals surface area contributed by atoms with Gasteiger partial charge in [0.05, 0.1) is 13.2 Å². The fraction of sp³-hybridized carbons (Fsp3) is 0.667. The lowest BCUT2D eigenvalue weighted by Gasteiger charge is -2.41. The molecule has 1 aromatic carbocycles. The Hall–Kier alpha value is -1.55. The van der Waals surface area contributed by atoms with Crippen molar-refractivity contribution in [1.29, 1.82) is 0 Å². The van der Waals surface area contributed by atoms with Crippen molar-refractivity contribution in [3.63, 3.8) is 0 Å². The summed E-state index contributed by atoms with van der Waals surface area (Å²) in [7, 11) is 1.44. The molecular weight excluding hydrogens is 312 g/mol. The molecule has 0 unspecified atom stereocenters. The second-order valence-electron chi connectivity index (χ2n) is 8.21. The van der Waals surface area contributed by atoms with Crippen LogP contribution in [0, 0.1) is 5.92 Å². The zero-order valence-electron chi connectivity index (χ0n) is 15.3. The molecule has 1 spiro atoms. The molecule has 1 aromatic rings. The molecule has 1 saturated heterocycles. The molecule has 136 valence electrons. The van der Waals surface area contributed by atoms with Crippen LogP contribution < -0.4 is 5.32 Å². The first-order valence-electron chi connectivity index (χ1n) is 9.86. The molecule has 4 nitrogen and oxygen atoms in total. The molecular formula is C21H30N2O2. The van der Waals surface area contributed by atoms with Crippen molar-refractivity contribution in [2.45, 2.75) is 56.4 Å². The number of hydrogen-bond acceptors (Lipinski definition) is 3. The minimum absolute atomic E-state index is 0.0880. The first-order valence-corrected chi connectivity index (χ1v) is 9.86. The van der Waals surface area contributed by atoms with Crippen LogP contribution in [0.1, 0.15) is 62.1 Å². The van der Waals surface area contributed by atoms with E-state index in [9.17, 15) is 4.79 Å². The molecule has 1 aliphatic heterocycles. The van der Waals surface area contributed by atoms with E-state index in [0.717, 1.165) is 12.3 Å². The quantitative estimate of drug-likeness (QED) is 0.902. The molecule has 1 saturated carbocycles. The molecule has 1 atom stereocenters. The van der Waals surface area contributed by atoms with Crippen LogP contribution in [0.25, 0.3) is 0 Å². The molecule has 2 fully saturated rings. The van der Waals surface area contributed by atoms with E-state index in [0.29, 0.717) is 0 Å². The summed E-state index contributed by atoms with van der Waals surface area (Å²) in [5.41, 5.74) is 2.98. The lowest BCUT2D eigenvalue weighted by molar-refractivity contribution is 0.132. The van der Waals surface area contributed by atoms with Crippen LogP contribution in [-0.4, -0.2) is 37.7 Å². The van der Waals surface area contributed by atoms with E-state index in [1.807, 2.05) is 0 Å². The Kier molecular flexibility index (Phi) is 4.72. The number of hydrogen-bond donors (Lipinski definition) is 1. The SMILES string of the molecule is COC(=O)N[C@H]1CC2(CCN(CC3CCCC3)CC2)c2ccccc21. The standard InChI is InChI=1S/C21H30N2O2/c1-25-20(24)22-19-14-21(18-9-5-4-8-17(18)19)10-12-23(13-11-21)15-16-6-2-3-7-16/h4-5,8-9,16,19H,2-3,6-7,10-15H2,1H3,(H,22,24)/t19-/m0/s1. The Labute approximate surface area is 150 Å². The molecule has 0 aromatic heterocycles. The van der Waals surface area contributed by atoms with Crippen LogP contribution in [0.5, 0.6) is 0 Å². The van der Waals surface area contributed by atoms with E-state index in [1.54, 1.807) is 0 Å². The van der Waals surface area contributed by atoms with Gasteiger partial charge in [-0.05, 0) is 62.2 Å². The molecule has 25 heavy (non-hydrogen) atoms. The van der Waals surface area contributed by atoms with Crippen molar-refractivity contribution in [1.82, 2.24) is 10.2 Å². The highest BCUT2D eigenvalue weighted by Crippen LogP contribution is 2.50. The second-order valence-corrected chi connectivity index (χ2v) is 8.21. The first-order chi connectivity index (χ1) is 12.2. The highest BCUT2D eigenvalue weighted by atomic mass is 16.5. The number of alkyl carbamates (subject to hydrolysis) is 1. The second kappa shape index (κ2) is 6.99. The van der Waals surface area contributed by atoms with Crippen molar-refractivity contribution < 1.29 is 9.53 Å². The van der Waals surface area contributed by atoms with Crippen molar-refractivity contribution in [2.24, 2.45) is 5.92 Å². The molecule has 2 aliphatic carbocycles. The summed E-state index contributed by atoms with van der Waals surface area (Å²) in [4.78, 5) is 14.4. The molecule has 4 rings (SSSR count). The largest absolute Gasteiger partial charge is 0.453 e. The Morgan fingerprint density at radius 1 is 1.24 bits per heavy atom. The topological polar surface area (TPSA) is 41.6 Å². The fourth-order valence-corrected chi connectivity index (χ4v) is 5.42. The minimum Gasteiger partial charge on any atom is -0.453 e. The molecule has 1 N–H and O–H groups in total. The Balaban J connectivity index is 1.46. The molecule has 0 radical (unpaired) electrons. The highest BCUT2D eigenvalue weighted by Gasteiger charge is 2.45. The molecule has 0 bridgehead atoms. The van der Waals surface area contributed by atoms with E-state index in [1.165, 1.54) is 76.4 Å². The van der Waals surface area contributed by atoms with Gasteiger partial charge in [0.25, 0.3) is 0 Å². The van der Waals surface area contributed by atoms with Crippen LogP contribution in [0.3, 0.4) is 0 Å². The van der Waals surface area contributed by atoms with Crippen LogP contribution in [0.4, 0.5) is 4.79 Å². The maximum Gasteiger partial charge on any atom is 0.407 e. The van der Waals surface area contributed by atoms with Gasteiger partial charge in [-0.1, -0.05) is 37.1 Å². The third-order valence-corrected chi connectivity index (χ3v) is 6.78. The number of carbonyl (C=O) groups excluding carboxylic acids is 1. The van der Waals surface area contributed by atoms with Crippen molar-refractivity contribution in [3.8, 4) is 0 Å². The van der Waals surface area contributed by atoms with E-state index in [4.69, 9.17) is 4.74 Å². The van der Waals surface area contributed by atoms with E-state index >= 15 is 0 Å². The van der Waals surface area contributed by atoms with Crippen LogP contribution in [0.2, 0.25) is 0 Å². The van der Waals surface area contributed by atoms with Gasteiger partial charge in [0.1, 0.15) is 0 Å². The fourth-order valence-electron chi connectivity index (χ4n) is 5.42. The summed E-state index contributed by atoms with van der Waals surface area (Å²) in [5, 5.41) is 3.05. The number of amides is 1. The summed E-state index contributed by atoms with van der Waals surface area (Å²) in [5.74, 6) is 0.929. The van der Waals surface area contributed by atoms with Gasteiger partial charge >= 0.3 is 6.09 Å². The number of rotatable bonds is 3. The number of carbonyl (C=O) groups is 1. The average Bonchev–Trinajstić information content (AvgIpc) is 3.25. The number of nitrogens with zero attached hydrogens (tertiary/aromatic N) is 1. The Morgan fingerprint density at radius 2 is 1.96 bits per heavy atom. The van der Waals surface area contributed by atoms with E-state index in [2.05, 4.69) is 34.5 Å². The van der Waals surface area contributed by atoms with Crippen molar-refractivity contribution in [3.05, 3.63) is 35.4 Å². The number of benzene rings is 1. The first kappa shape index (κ1) is 16.9. The van der Waals surface area contributed by atoms with Crippen molar-refractivity contribution >= 4 is 6.09 Å². The number of ether oxygens (including phenoxy) is 1. The number of likely N-dealkylation sites (tertiary alicyclic amines) is 1. The summed E-state index contributed by atoms with van der Waals surface area (Å²) in [6.45, 7) is 3.67. The van der Waals surface area contributed by atoms with Gasteiger partial charge in [-0.3, -0.25) is 0 Å². The molecule has 3 aliphatic rings. The van der Waals surface area contributed by atoms with Crippen LogP contribution >= 0.6 is 0 Å². The van der Waals surface area contributed by atoms with Crippen LogP contribution in [-0.2, 0) is 10.2 Å². The Morgan fingerprint density at radius 3 is 2.68 bits per heavy atom. The smallest absolute Gasteiger partial charge is 0.407 e. The molecule has 1 heterocycles. The summed E-state index contributed by atoms with van der Waals surface area (Å²) in [6, 6.07) is 8.77. The number of methoxy groups -OCH3 is 1. The lowest BCUT2D eigenvalue weighted by atomic mass is 9.73. The van der Waals surface area contributed by atoms with Crippen molar-refractivity contribution in [2.75, 3.05) is 26.7 Å². The molecule has 1 amide bonds. The molecule has 4 heteroatoms. The number of fused-ring (bicyclic) bond motifs is 2. The third-order valence-electron chi connectivity index (χ3n) is 6.78. The zero-order valence-corrected chi connectivity index (χ0v) is 15.3. The van der Waals surface area contributed by atoms with Gasteiger partial charge in [-0.25, -0.2) is 4.79 Å². The van der Waals surface area contributed by atoms with Gasteiger partial charge < -0.3 is 15.0 Å².